The number of amides is 2. The Kier molecular flexibility index (Phi) is 6.44. The van der Waals surface area contributed by atoms with E-state index >= 15 is 0 Å². The summed E-state index contributed by atoms with van der Waals surface area (Å²) in [5.41, 5.74) is 4.65. The number of carbonyl (C=O) groups is 3. The largest absolute Gasteiger partial charge is 0.481 e. The van der Waals surface area contributed by atoms with E-state index in [2.05, 4.69) is 29.6 Å². The Balaban J connectivity index is 1.23. The van der Waals surface area contributed by atoms with Gasteiger partial charge in [-0.15, -0.1) is 0 Å². The molecule has 1 saturated heterocycles. The van der Waals surface area contributed by atoms with Gasteiger partial charge in [-0.05, 0) is 41.5 Å². The van der Waals surface area contributed by atoms with E-state index in [1.54, 1.807) is 11.8 Å². The lowest BCUT2D eigenvalue weighted by Gasteiger charge is -2.39. The highest BCUT2D eigenvalue weighted by atomic mass is 16.5. The first-order chi connectivity index (χ1) is 15.4. The van der Waals surface area contributed by atoms with E-state index in [0.29, 0.717) is 19.5 Å². The van der Waals surface area contributed by atoms with Crippen molar-refractivity contribution in [3.05, 3.63) is 59.7 Å². The van der Waals surface area contributed by atoms with Gasteiger partial charge in [-0.2, -0.15) is 0 Å². The van der Waals surface area contributed by atoms with E-state index < -0.39 is 12.1 Å². The minimum atomic E-state index is -0.810. The summed E-state index contributed by atoms with van der Waals surface area (Å²) in [5.74, 6) is -0.604. The molecule has 1 heterocycles. The summed E-state index contributed by atoms with van der Waals surface area (Å²) in [6, 6.07) is 16.0. The number of fused-ring (bicyclic) bond motifs is 3. The first-order valence-corrected chi connectivity index (χ1v) is 11.0. The molecule has 1 fully saturated rings. The third-order valence-electron chi connectivity index (χ3n) is 6.27. The second kappa shape index (κ2) is 9.42. The molecule has 1 atom stereocenters. The van der Waals surface area contributed by atoms with Crippen LogP contribution in [0.15, 0.2) is 48.5 Å². The third-order valence-corrected chi connectivity index (χ3v) is 6.27. The van der Waals surface area contributed by atoms with Crippen LogP contribution in [-0.2, 0) is 14.3 Å². The van der Waals surface area contributed by atoms with Crippen LogP contribution in [0.5, 0.6) is 0 Å². The van der Waals surface area contributed by atoms with E-state index in [-0.39, 0.29) is 43.2 Å². The molecule has 32 heavy (non-hydrogen) atoms. The topological polar surface area (TPSA) is 95.9 Å². The molecule has 0 saturated carbocycles. The van der Waals surface area contributed by atoms with Crippen molar-refractivity contribution >= 4 is 18.0 Å². The highest BCUT2D eigenvalue weighted by Crippen LogP contribution is 2.44. The van der Waals surface area contributed by atoms with Crippen molar-refractivity contribution in [1.82, 2.24) is 10.2 Å². The van der Waals surface area contributed by atoms with Crippen LogP contribution in [0.4, 0.5) is 4.79 Å². The van der Waals surface area contributed by atoms with E-state index in [9.17, 15) is 14.4 Å². The van der Waals surface area contributed by atoms with Crippen LogP contribution in [0, 0.1) is 5.92 Å². The molecule has 0 radical (unpaired) electrons. The Morgan fingerprint density at radius 3 is 2.25 bits per heavy atom. The lowest BCUT2D eigenvalue weighted by molar-refractivity contribution is -0.139. The molecular formula is C25H28N2O5. The zero-order valence-electron chi connectivity index (χ0n) is 18.1. The number of carboxylic acid groups (broad SMARTS) is 1. The monoisotopic (exact) mass is 436 g/mol. The summed E-state index contributed by atoms with van der Waals surface area (Å²) in [5, 5.41) is 11.5. The number of alkyl carbamates (subject to hydrolysis) is 1. The highest BCUT2D eigenvalue weighted by Gasteiger charge is 2.32. The van der Waals surface area contributed by atoms with Crippen LogP contribution in [0.1, 0.15) is 43.2 Å². The van der Waals surface area contributed by atoms with E-state index in [0.717, 1.165) is 11.1 Å². The Hall–Kier alpha value is -3.35. The van der Waals surface area contributed by atoms with Gasteiger partial charge in [0.15, 0.2) is 0 Å². The van der Waals surface area contributed by atoms with Crippen molar-refractivity contribution in [1.29, 1.82) is 0 Å². The summed E-state index contributed by atoms with van der Waals surface area (Å²) in [4.78, 5) is 37.1. The first-order valence-electron chi connectivity index (χ1n) is 11.0. The fourth-order valence-corrected chi connectivity index (χ4v) is 4.57. The number of aliphatic carboxylic acids is 1. The fraction of sp³-hybridized carbons (Fsp3) is 0.400. The van der Waals surface area contributed by atoms with Gasteiger partial charge in [0.2, 0.25) is 5.91 Å². The summed E-state index contributed by atoms with van der Waals surface area (Å²) in [7, 11) is 0. The molecule has 4 rings (SSSR count). The normalized spacial score (nSPS) is 16.0. The second-order valence-electron chi connectivity index (χ2n) is 8.67. The summed E-state index contributed by atoms with van der Waals surface area (Å²) >= 11 is 0. The average Bonchev–Trinajstić information content (AvgIpc) is 3.04. The minimum absolute atomic E-state index is 0.00564. The van der Waals surface area contributed by atoms with Crippen LogP contribution >= 0.6 is 0 Å². The predicted octanol–water partition coefficient (Wildman–Crippen LogP) is 3.63. The lowest BCUT2D eigenvalue weighted by Crippen LogP contribution is -2.51. The Bertz CT molecular complexity index is 969. The fourth-order valence-electron chi connectivity index (χ4n) is 4.57. The van der Waals surface area contributed by atoms with Gasteiger partial charge in [0.05, 0.1) is 0 Å². The smallest absolute Gasteiger partial charge is 0.407 e. The number of hydrogen-bond donors (Lipinski definition) is 2. The van der Waals surface area contributed by atoms with Crippen LogP contribution in [-0.4, -0.2) is 53.7 Å². The van der Waals surface area contributed by atoms with Crippen molar-refractivity contribution < 1.29 is 24.2 Å². The van der Waals surface area contributed by atoms with Gasteiger partial charge in [0.25, 0.3) is 0 Å². The van der Waals surface area contributed by atoms with Gasteiger partial charge in [-0.1, -0.05) is 48.5 Å². The van der Waals surface area contributed by atoms with Crippen molar-refractivity contribution in [3.63, 3.8) is 0 Å². The predicted molar refractivity (Wildman–Crippen MR) is 119 cm³/mol. The molecule has 2 aromatic carbocycles. The number of ether oxygens (including phenoxy) is 1. The number of rotatable bonds is 8. The van der Waals surface area contributed by atoms with Crippen molar-refractivity contribution in [3.8, 4) is 11.1 Å². The Labute approximate surface area is 187 Å². The molecule has 2 amide bonds. The molecule has 1 aliphatic heterocycles. The molecule has 2 N–H and O–H groups in total. The summed E-state index contributed by atoms with van der Waals surface area (Å²) < 4.78 is 5.53. The number of carboxylic acids is 1. The Morgan fingerprint density at radius 1 is 1.06 bits per heavy atom. The van der Waals surface area contributed by atoms with Gasteiger partial charge in [0, 0.05) is 37.9 Å². The number of hydrogen-bond acceptors (Lipinski definition) is 4. The maximum absolute atomic E-state index is 12.4. The molecule has 168 valence electrons. The molecule has 7 nitrogen and oxygen atoms in total. The van der Waals surface area contributed by atoms with E-state index in [1.807, 2.05) is 24.3 Å². The maximum atomic E-state index is 12.4. The molecular weight excluding hydrogens is 408 g/mol. The van der Waals surface area contributed by atoms with Gasteiger partial charge >= 0.3 is 12.1 Å². The third kappa shape index (κ3) is 4.77. The first kappa shape index (κ1) is 21.9. The number of nitrogens with zero attached hydrogens (tertiary/aromatic N) is 1. The van der Waals surface area contributed by atoms with E-state index in [4.69, 9.17) is 9.84 Å². The standard InChI is InChI=1S/C25H28N2O5/c1-16(12-23(28)27-13-17(14-27)10-11-24(29)30)26-25(31)32-15-22-20-8-4-2-6-18(20)19-7-3-5-9-21(19)22/h2-9,16-17,22H,10-15H2,1H3,(H,26,31)(H,29,30). The van der Waals surface area contributed by atoms with Crippen LogP contribution < -0.4 is 5.32 Å². The minimum Gasteiger partial charge on any atom is -0.481 e. The van der Waals surface area contributed by atoms with Crippen LogP contribution in [0.25, 0.3) is 11.1 Å². The summed E-state index contributed by atoms with van der Waals surface area (Å²) in [6.07, 6.45) is 0.379. The maximum Gasteiger partial charge on any atom is 0.407 e. The van der Waals surface area contributed by atoms with Gasteiger partial charge < -0.3 is 20.1 Å². The van der Waals surface area contributed by atoms with E-state index in [1.165, 1.54) is 11.1 Å². The van der Waals surface area contributed by atoms with Crippen molar-refractivity contribution in [2.24, 2.45) is 5.92 Å². The summed E-state index contributed by atoms with van der Waals surface area (Å²) in [6.45, 7) is 3.19. The van der Waals surface area contributed by atoms with Crippen molar-refractivity contribution in [2.75, 3.05) is 19.7 Å². The molecule has 1 aliphatic carbocycles. The van der Waals surface area contributed by atoms with Crippen molar-refractivity contribution in [2.45, 2.75) is 38.1 Å². The highest BCUT2D eigenvalue weighted by molar-refractivity contribution is 5.80. The zero-order chi connectivity index (χ0) is 22.7. The lowest BCUT2D eigenvalue weighted by atomic mass is 9.94. The molecule has 1 unspecified atom stereocenters. The Morgan fingerprint density at radius 2 is 1.66 bits per heavy atom. The molecule has 0 spiro atoms. The molecule has 0 aromatic heterocycles. The second-order valence-corrected chi connectivity index (χ2v) is 8.67. The number of likely N-dealkylation sites (tertiary alicyclic amines) is 1. The average molecular weight is 437 g/mol. The number of carbonyl (C=O) groups excluding carboxylic acids is 2. The van der Waals surface area contributed by atoms with Crippen LogP contribution in [0.3, 0.4) is 0 Å². The zero-order valence-corrected chi connectivity index (χ0v) is 18.1. The number of benzene rings is 2. The van der Waals surface area contributed by atoms with Crippen LogP contribution in [0.2, 0.25) is 0 Å². The quantitative estimate of drug-likeness (QED) is 0.659. The van der Waals surface area contributed by atoms with Gasteiger partial charge in [-0.25, -0.2) is 4.79 Å². The van der Waals surface area contributed by atoms with Gasteiger partial charge in [-0.3, -0.25) is 9.59 Å². The molecule has 2 aromatic rings. The van der Waals surface area contributed by atoms with Gasteiger partial charge in [0.1, 0.15) is 6.61 Å². The molecule has 0 bridgehead atoms. The SMILES string of the molecule is CC(CC(=O)N1CC(CCC(=O)O)C1)NC(=O)OCC1c2ccccc2-c2ccccc21. The molecule has 2 aliphatic rings. The number of nitrogens with one attached hydrogen (secondary N) is 1. The molecule has 7 heteroatoms.